The summed E-state index contributed by atoms with van der Waals surface area (Å²) in [6.45, 7) is 1.72. The minimum Gasteiger partial charge on any atom is -0.383 e. The van der Waals surface area contributed by atoms with Gasteiger partial charge in [0.15, 0.2) is 0 Å². The number of hydrogen-bond acceptors (Lipinski definition) is 2. The standard InChI is InChI=1S/C11H11BrFN3/c1-6-5-7(3-4-8(6)13)10-9(12)11(14)16(2)15-10/h3-5H,14H2,1-2H3. The molecule has 16 heavy (non-hydrogen) atoms. The number of rotatable bonds is 1. The lowest BCUT2D eigenvalue weighted by atomic mass is 10.1. The first-order chi connectivity index (χ1) is 7.50. The van der Waals surface area contributed by atoms with Gasteiger partial charge in [0.1, 0.15) is 17.3 Å². The summed E-state index contributed by atoms with van der Waals surface area (Å²) in [6, 6.07) is 4.87. The third kappa shape index (κ3) is 1.71. The van der Waals surface area contributed by atoms with Crippen LogP contribution in [0.1, 0.15) is 5.56 Å². The number of benzene rings is 1. The smallest absolute Gasteiger partial charge is 0.136 e. The molecule has 5 heteroatoms. The fourth-order valence-electron chi connectivity index (χ4n) is 1.49. The van der Waals surface area contributed by atoms with Gasteiger partial charge in [-0.2, -0.15) is 5.10 Å². The second-order valence-corrected chi connectivity index (χ2v) is 4.43. The fourth-order valence-corrected chi connectivity index (χ4v) is 2.05. The molecule has 3 nitrogen and oxygen atoms in total. The van der Waals surface area contributed by atoms with Gasteiger partial charge in [-0.25, -0.2) is 4.39 Å². The van der Waals surface area contributed by atoms with Crippen molar-refractivity contribution in [2.45, 2.75) is 6.92 Å². The van der Waals surface area contributed by atoms with Gasteiger partial charge in [-0.15, -0.1) is 0 Å². The van der Waals surface area contributed by atoms with Gasteiger partial charge >= 0.3 is 0 Å². The molecule has 0 bridgehead atoms. The summed E-state index contributed by atoms with van der Waals surface area (Å²) >= 11 is 3.38. The molecule has 2 rings (SSSR count). The van der Waals surface area contributed by atoms with Gasteiger partial charge in [-0.05, 0) is 46.6 Å². The summed E-state index contributed by atoms with van der Waals surface area (Å²) in [6.07, 6.45) is 0. The molecule has 1 aromatic carbocycles. The molecule has 0 aliphatic heterocycles. The van der Waals surface area contributed by atoms with E-state index in [1.54, 1.807) is 30.8 Å². The highest BCUT2D eigenvalue weighted by Crippen LogP contribution is 2.32. The van der Waals surface area contributed by atoms with Crippen molar-refractivity contribution in [2.75, 3.05) is 5.73 Å². The third-order valence-corrected chi connectivity index (χ3v) is 3.24. The van der Waals surface area contributed by atoms with E-state index in [1.165, 1.54) is 6.07 Å². The van der Waals surface area contributed by atoms with Crippen molar-refractivity contribution < 1.29 is 4.39 Å². The molecule has 0 saturated carbocycles. The van der Waals surface area contributed by atoms with Crippen LogP contribution in [0.3, 0.4) is 0 Å². The van der Waals surface area contributed by atoms with Crippen LogP contribution in [0.15, 0.2) is 22.7 Å². The zero-order valence-electron chi connectivity index (χ0n) is 8.96. The Bertz CT molecular complexity index is 548. The van der Waals surface area contributed by atoms with Gasteiger partial charge in [0.2, 0.25) is 0 Å². The van der Waals surface area contributed by atoms with Crippen LogP contribution in [0.4, 0.5) is 10.2 Å². The highest BCUT2D eigenvalue weighted by molar-refractivity contribution is 9.10. The van der Waals surface area contributed by atoms with Crippen molar-refractivity contribution in [3.05, 3.63) is 34.1 Å². The van der Waals surface area contributed by atoms with Crippen molar-refractivity contribution in [1.82, 2.24) is 9.78 Å². The number of anilines is 1. The first-order valence-electron chi connectivity index (χ1n) is 4.75. The maximum absolute atomic E-state index is 13.1. The molecular weight excluding hydrogens is 273 g/mol. The molecule has 0 saturated heterocycles. The molecule has 0 atom stereocenters. The van der Waals surface area contributed by atoms with Crippen molar-refractivity contribution in [3.63, 3.8) is 0 Å². The topological polar surface area (TPSA) is 43.8 Å². The van der Waals surface area contributed by atoms with Crippen LogP contribution < -0.4 is 5.73 Å². The Labute approximate surface area is 101 Å². The maximum atomic E-state index is 13.1. The van der Waals surface area contributed by atoms with Gasteiger partial charge in [-0.3, -0.25) is 4.68 Å². The molecule has 0 amide bonds. The Kier molecular flexibility index (Phi) is 2.71. The Balaban J connectivity index is 2.59. The van der Waals surface area contributed by atoms with Gasteiger partial charge in [0.25, 0.3) is 0 Å². The molecule has 1 aromatic heterocycles. The maximum Gasteiger partial charge on any atom is 0.136 e. The molecule has 84 valence electrons. The molecule has 0 aliphatic carbocycles. The van der Waals surface area contributed by atoms with Gasteiger partial charge in [0.05, 0.1) is 4.47 Å². The summed E-state index contributed by atoms with van der Waals surface area (Å²) in [5, 5.41) is 4.27. The highest BCUT2D eigenvalue weighted by atomic mass is 79.9. The van der Waals surface area contributed by atoms with E-state index in [1.807, 2.05) is 0 Å². The van der Waals surface area contributed by atoms with Crippen molar-refractivity contribution in [2.24, 2.45) is 7.05 Å². The second kappa shape index (κ2) is 3.90. The zero-order chi connectivity index (χ0) is 11.9. The number of halogens is 2. The lowest BCUT2D eigenvalue weighted by Gasteiger charge is -2.00. The number of aryl methyl sites for hydroxylation is 2. The van der Waals surface area contributed by atoms with E-state index in [2.05, 4.69) is 21.0 Å². The van der Waals surface area contributed by atoms with E-state index in [-0.39, 0.29) is 5.82 Å². The van der Waals surface area contributed by atoms with E-state index in [0.717, 1.165) is 15.7 Å². The van der Waals surface area contributed by atoms with E-state index in [9.17, 15) is 4.39 Å². The molecule has 0 aliphatic rings. The normalized spacial score (nSPS) is 10.8. The van der Waals surface area contributed by atoms with Crippen molar-refractivity contribution >= 4 is 21.7 Å². The SMILES string of the molecule is Cc1cc(-c2nn(C)c(N)c2Br)ccc1F. The average molecular weight is 284 g/mol. The summed E-state index contributed by atoms with van der Waals surface area (Å²) in [7, 11) is 1.76. The van der Waals surface area contributed by atoms with Crippen LogP contribution in [0.25, 0.3) is 11.3 Å². The van der Waals surface area contributed by atoms with E-state index < -0.39 is 0 Å². The van der Waals surface area contributed by atoms with Crippen LogP contribution in [0.5, 0.6) is 0 Å². The van der Waals surface area contributed by atoms with Crippen molar-refractivity contribution in [1.29, 1.82) is 0 Å². The first kappa shape index (κ1) is 11.1. The van der Waals surface area contributed by atoms with E-state index in [0.29, 0.717) is 11.4 Å². The van der Waals surface area contributed by atoms with Crippen LogP contribution >= 0.6 is 15.9 Å². The summed E-state index contributed by atoms with van der Waals surface area (Å²) < 4.78 is 15.5. The second-order valence-electron chi connectivity index (χ2n) is 3.64. The van der Waals surface area contributed by atoms with Crippen LogP contribution in [-0.2, 0) is 7.05 Å². The van der Waals surface area contributed by atoms with Crippen LogP contribution in [0, 0.1) is 12.7 Å². The predicted octanol–water partition coefficient (Wildman–Crippen LogP) is 2.88. The highest BCUT2D eigenvalue weighted by Gasteiger charge is 2.13. The fraction of sp³-hybridized carbons (Fsp3) is 0.182. The number of aromatic nitrogens is 2. The number of hydrogen-bond donors (Lipinski definition) is 1. The molecule has 0 radical (unpaired) electrons. The molecule has 2 N–H and O–H groups in total. The summed E-state index contributed by atoms with van der Waals surface area (Å²) in [5.41, 5.74) is 7.95. The quantitative estimate of drug-likeness (QED) is 0.875. The Morgan fingerprint density at radius 2 is 2.12 bits per heavy atom. The lowest BCUT2D eigenvalue weighted by molar-refractivity contribution is 0.618. The largest absolute Gasteiger partial charge is 0.383 e. The monoisotopic (exact) mass is 283 g/mol. The van der Waals surface area contributed by atoms with Crippen LogP contribution in [-0.4, -0.2) is 9.78 Å². The molecule has 2 aromatic rings. The zero-order valence-corrected chi connectivity index (χ0v) is 10.5. The lowest BCUT2D eigenvalue weighted by Crippen LogP contribution is -1.97. The van der Waals surface area contributed by atoms with E-state index in [4.69, 9.17) is 5.73 Å². The Hall–Kier alpha value is -1.36. The molecule has 1 heterocycles. The van der Waals surface area contributed by atoms with Gasteiger partial charge < -0.3 is 5.73 Å². The summed E-state index contributed by atoms with van der Waals surface area (Å²) in [4.78, 5) is 0. The van der Waals surface area contributed by atoms with Gasteiger partial charge in [0, 0.05) is 12.6 Å². The number of nitrogens with zero attached hydrogens (tertiary/aromatic N) is 2. The summed E-state index contributed by atoms with van der Waals surface area (Å²) in [5.74, 6) is 0.334. The van der Waals surface area contributed by atoms with Crippen molar-refractivity contribution in [3.8, 4) is 11.3 Å². The molecule has 0 unspecified atom stereocenters. The predicted molar refractivity (Wildman–Crippen MR) is 65.5 cm³/mol. The van der Waals surface area contributed by atoms with Gasteiger partial charge in [-0.1, -0.05) is 0 Å². The Morgan fingerprint density at radius 1 is 1.44 bits per heavy atom. The van der Waals surface area contributed by atoms with Crippen LogP contribution in [0.2, 0.25) is 0 Å². The average Bonchev–Trinajstić information content (AvgIpc) is 2.50. The molecule has 0 spiro atoms. The number of nitrogens with two attached hydrogens (primary N) is 1. The molecule has 0 fully saturated rings. The molecular formula is C11H11BrFN3. The minimum absolute atomic E-state index is 0.219. The minimum atomic E-state index is -0.219. The third-order valence-electron chi connectivity index (χ3n) is 2.46. The first-order valence-corrected chi connectivity index (χ1v) is 5.54. The Morgan fingerprint density at radius 3 is 2.62 bits per heavy atom. The van der Waals surface area contributed by atoms with E-state index >= 15 is 0 Å². The number of nitrogen functional groups attached to an aromatic ring is 1.